The Kier molecular flexibility index (Phi) is 3.20. The molecular weight excluding hydrogens is 198 g/mol. The largest absolute Gasteiger partial charge is 0.306 e. The fourth-order valence-corrected chi connectivity index (χ4v) is 2.11. The Morgan fingerprint density at radius 3 is 2.69 bits per heavy atom. The first-order valence-corrected chi connectivity index (χ1v) is 5.68. The maximum atomic E-state index is 11.5. The minimum Gasteiger partial charge on any atom is -0.306 e. The summed E-state index contributed by atoms with van der Waals surface area (Å²) >= 11 is 0. The molecule has 1 aliphatic rings. The van der Waals surface area contributed by atoms with Gasteiger partial charge in [0.1, 0.15) is 0 Å². The highest BCUT2D eigenvalue weighted by Gasteiger charge is 2.12. The van der Waals surface area contributed by atoms with Crippen molar-refractivity contribution < 1.29 is 4.79 Å². The molecule has 0 unspecified atom stereocenters. The summed E-state index contributed by atoms with van der Waals surface area (Å²) in [4.78, 5) is 13.8. The molecule has 0 bridgehead atoms. The highest BCUT2D eigenvalue weighted by Crippen LogP contribution is 2.17. The first kappa shape index (κ1) is 11.1. The number of likely N-dealkylation sites (N-methyl/N-ethyl adjacent to an activating group) is 1. The zero-order chi connectivity index (χ0) is 11.5. The molecule has 0 fully saturated rings. The molecule has 0 atom stereocenters. The van der Waals surface area contributed by atoms with Gasteiger partial charge >= 0.3 is 0 Å². The van der Waals surface area contributed by atoms with Crippen molar-refractivity contribution in [2.75, 3.05) is 20.1 Å². The van der Waals surface area contributed by atoms with Gasteiger partial charge in [-0.05, 0) is 43.2 Å². The number of carbonyl (C=O) groups excluding carboxylic acids is 1. The van der Waals surface area contributed by atoms with Crippen molar-refractivity contribution in [2.24, 2.45) is 0 Å². The average Bonchev–Trinajstić information content (AvgIpc) is 2.50. The van der Waals surface area contributed by atoms with Gasteiger partial charge < -0.3 is 4.90 Å². The molecule has 0 spiro atoms. The van der Waals surface area contributed by atoms with Gasteiger partial charge in [-0.1, -0.05) is 18.7 Å². The number of rotatable bonds is 2. The van der Waals surface area contributed by atoms with Crippen molar-refractivity contribution in [1.29, 1.82) is 0 Å². The van der Waals surface area contributed by atoms with Crippen LogP contribution in [0.3, 0.4) is 0 Å². The molecule has 1 aromatic rings. The molecule has 0 aromatic heterocycles. The van der Waals surface area contributed by atoms with Gasteiger partial charge in [0.15, 0.2) is 5.78 Å². The van der Waals surface area contributed by atoms with Crippen LogP contribution in [0.2, 0.25) is 0 Å². The van der Waals surface area contributed by atoms with E-state index in [1.165, 1.54) is 17.2 Å². The first-order chi connectivity index (χ1) is 7.70. The first-order valence-electron chi connectivity index (χ1n) is 5.68. The van der Waals surface area contributed by atoms with Gasteiger partial charge in [0.05, 0.1) is 0 Å². The predicted molar refractivity (Wildman–Crippen MR) is 65.9 cm³/mol. The van der Waals surface area contributed by atoms with Crippen LogP contribution in [0.1, 0.15) is 21.5 Å². The average molecular weight is 215 g/mol. The number of hydrogen-bond acceptors (Lipinski definition) is 2. The van der Waals surface area contributed by atoms with E-state index in [9.17, 15) is 4.79 Å². The molecule has 0 aliphatic carbocycles. The molecule has 84 valence electrons. The minimum absolute atomic E-state index is 0.0143. The summed E-state index contributed by atoms with van der Waals surface area (Å²) in [7, 11) is 2.14. The summed E-state index contributed by atoms with van der Waals surface area (Å²) < 4.78 is 0. The molecule has 1 aromatic carbocycles. The van der Waals surface area contributed by atoms with Crippen molar-refractivity contribution >= 4 is 5.78 Å². The predicted octanol–water partition coefficient (Wildman–Crippen LogP) is 2.09. The smallest absolute Gasteiger partial charge is 0.185 e. The van der Waals surface area contributed by atoms with E-state index in [4.69, 9.17) is 0 Å². The zero-order valence-electron chi connectivity index (χ0n) is 9.70. The van der Waals surface area contributed by atoms with Gasteiger partial charge in [0.2, 0.25) is 0 Å². The van der Waals surface area contributed by atoms with Gasteiger partial charge in [-0.2, -0.15) is 0 Å². The topological polar surface area (TPSA) is 20.3 Å². The van der Waals surface area contributed by atoms with E-state index < -0.39 is 0 Å². The van der Waals surface area contributed by atoms with Gasteiger partial charge in [-0.15, -0.1) is 0 Å². The van der Waals surface area contributed by atoms with Crippen LogP contribution in [0.15, 0.2) is 30.9 Å². The van der Waals surface area contributed by atoms with Crippen molar-refractivity contribution in [1.82, 2.24) is 4.90 Å². The van der Waals surface area contributed by atoms with Gasteiger partial charge in [0.25, 0.3) is 0 Å². The Morgan fingerprint density at radius 1 is 1.31 bits per heavy atom. The van der Waals surface area contributed by atoms with Crippen LogP contribution >= 0.6 is 0 Å². The van der Waals surface area contributed by atoms with Crippen molar-refractivity contribution in [3.63, 3.8) is 0 Å². The molecule has 0 saturated heterocycles. The standard InChI is InChI=1S/C14H17NO/c1-3-14(16)13-5-4-11-6-8-15(2)9-7-12(11)10-13/h3-5,10H,1,6-9H2,2H3. The second-order valence-corrected chi connectivity index (χ2v) is 4.36. The summed E-state index contributed by atoms with van der Waals surface area (Å²) in [5.74, 6) is 0.0143. The molecule has 1 aliphatic heterocycles. The quantitative estimate of drug-likeness (QED) is 0.556. The lowest BCUT2D eigenvalue weighted by molar-refractivity contribution is 0.104. The second-order valence-electron chi connectivity index (χ2n) is 4.36. The van der Waals surface area contributed by atoms with Gasteiger partial charge in [0, 0.05) is 18.7 Å². The monoisotopic (exact) mass is 215 g/mol. The van der Waals surface area contributed by atoms with E-state index in [1.54, 1.807) is 0 Å². The Balaban J connectivity index is 2.32. The summed E-state index contributed by atoms with van der Waals surface area (Å²) in [6.07, 6.45) is 3.49. The molecule has 1 heterocycles. The Hall–Kier alpha value is -1.41. The summed E-state index contributed by atoms with van der Waals surface area (Å²) in [5.41, 5.74) is 3.46. The highest BCUT2D eigenvalue weighted by atomic mass is 16.1. The number of allylic oxidation sites excluding steroid dienone is 1. The van der Waals surface area contributed by atoms with Crippen molar-refractivity contribution in [3.05, 3.63) is 47.5 Å². The van der Waals surface area contributed by atoms with Crippen molar-refractivity contribution in [2.45, 2.75) is 12.8 Å². The SMILES string of the molecule is C=CC(=O)c1ccc2c(c1)CCN(C)CC2. The maximum absolute atomic E-state index is 11.5. The van der Waals surface area contributed by atoms with E-state index in [2.05, 4.69) is 24.6 Å². The maximum Gasteiger partial charge on any atom is 0.185 e. The number of hydrogen-bond donors (Lipinski definition) is 0. The highest BCUT2D eigenvalue weighted by molar-refractivity contribution is 6.04. The molecule has 0 saturated carbocycles. The molecule has 0 N–H and O–H groups in total. The lowest BCUT2D eigenvalue weighted by Gasteiger charge is -2.10. The van der Waals surface area contributed by atoms with Crippen LogP contribution in [0.5, 0.6) is 0 Å². The molecule has 16 heavy (non-hydrogen) atoms. The van der Waals surface area contributed by atoms with Crippen LogP contribution < -0.4 is 0 Å². The normalized spacial score (nSPS) is 16.3. The fourth-order valence-electron chi connectivity index (χ4n) is 2.11. The van der Waals surface area contributed by atoms with Gasteiger partial charge in [-0.25, -0.2) is 0 Å². The summed E-state index contributed by atoms with van der Waals surface area (Å²) in [6, 6.07) is 6.03. The Labute approximate surface area is 96.6 Å². The van der Waals surface area contributed by atoms with Gasteiger partial charge in [-0.3, -0.25) is 4.79 Å². The summed E-state index contributed by atoms with van der Waals surface area (Å²) in [5, 5.41) is 0. The number of benzene rings is 1. The van der Waals surface area contributed by atoms with E-state index in [0.717, 1.165) is 31.5 Å². The third-order valence-corrected chi connectivity index (χ3v) is 3.20. The molecular formula is C14H17NO. The zero-order valence-corrected chi connectivity index (χ0v) is 9.70. The molecule has 2 nitrogen and oxygen atoms in total. The number of carbonyl (C=O) groups is 1. The molecule has 2 rings (SSSR count). The van der Waals surface area contributed by atoms with Crippen LogP contribution in [-0.2, 0) is 12.8 Å². The Bertz CT molecular complexity index is 423. The van der Waals surface area contributed by atoms with E-state index in [-0.39, 0.29) is 5.78 Å². The van der Waals surface area contributed by atoms with E-state index in [0.29, 0.717) is 0 Å². The van der Waals surface area contributed by atoms with Crippen LogP contribution in [0.4, 0.5) is 0 Å². The fraction of sp³-hybridized carbons (Fsp3) is 0.357. The van der Waals surface area contributed by atoms with Crippen LogP contribution in [0, 0.1) is 0 Å². The lowest BCUT2D eigenvalue weighted by Crippen LogP contribution is -2.20. The summed E-state index contributed by atoms with van der Waals surface area (Å²) in [6.45, 7) is 5.69. The number of nitrogens with zero attached hydrogens (tertiary/aromatic N) is 1. The van der Waals surface area contributed by atoms with Crippen LogP contribution in [-0.4, -0.2) is 30.8 Å². The lowest BCUT2D eigenvalue weighted by atomic mass is 9.98. The van der Waals surface area contributed by atoms with E-state index >= 15 is 0 Å². The third kappa shape index (κ3) is 2.22. The molecule has 0 amide bonds. The van der Waals surface area contributed by atoms with Crippen LogP contribution in [0.25, 0.3) is 0 Å². The van der Waals surface area contributed by atoms with Crippen molar-refractivity contribution in [3.8, 4) is 0 Å². The Morgan fingerprint density at radius 2 is 2.00 bits per heavy atom. The second kappa shape index (κ2) is 4.62. The number of fused-ring (bicyclic) bond motifs is 1. The molecule has 0 radical (unpaired) electrons. The van der Waals surface area contributed by atoms with E-state index in [1.807, 2.05) is 12.1 Å². The minimum atomic E-state index is 0.0143. The molecule has 2 heteroatoms. The third-order valence-electron chi connectivity index (χ3n) is 3.20. The number of ketones is 1.